The normalized spacial score (nSPS) is 47.1. The van der Waals surface area contributed by atoms with Gasteiger partial charge in [0.15, 0.2) is 6.29 Å². The van der Waals surface area contributed by atoms with Crippen molar-refractivity contribution in [3.05, 3.63) is 0 Å². The third-order valence-electron chi connectivity index (χ3n) is 2.18. The number of aliphatic hydroxyl groups excluding tert-OH is 1. The molecule has 3 unspecified atom stereocenters. The lowest BCUT2D eigenvalue weighted by Gasteiger charge is -2.28. The largest absolute Gasteiger partial charge is 0.367 e. The predicted octanol–water partition coefficient (Wildman–Crippen LogP) is 0.989. The van der Waals surface area contributed by atoms with Crippen LogP contribution in [0, 0.1) is 0 Å². The van der Waals surface area contributed by atoms with Crippen molar-refractivity contribution in [2.75, 3.05) is 5.75 Å². The van der Waals surface area contributed by atoms with Gasteiger partial charge >= 0.3 is 0 Å². The summed E-state index contributed by atoms with van der Waals surface area (Å²) in [6, 6.07) is 0. The molecule has 1 aliphatic heterocycles. The van der Waals surface area contributed by atoms with Gasteiger partial charge in [-0.1, -0.05) is 0 Å². The highest BCUT2D eigenvalue weighted by Crippen LogP contribution is 2.36. The third-order valence-corrected chi connectivity index (χ3v) is 3.62. The molecule has 10 heavy (non-hydrogen) atoms. The standard InChI is InChI=1S/C7H12O2S/c8-7-4-10-6-3-1-2-5(6)9-7/h5-8H,1-4H2. The minimum atomic E-state index is -0.496. The van der Waals surface area contributed by atoms with Crippen LogP contribution in [0.3, 0.4) is 0 Å². The molecule has 1 saturated carbocycles. The molecule has 3 heteroatoms. The van der Waals surface area contributed by atoms with Crippen molar-refractivity contribution < 1.29 is 9.84 Å². The average molecular weight is 160 g/mol. The van der Waals surface area contributed by atoms with Crippen LogP contribution in [0.25, 0.3) is 0 Å². The van der Waals surface area contributed by atoms with Gasteiger partial charge in [0.25, 0.3) is 0 Å². The van der Waals surface area contributed by atoms with Crippen LogP contribution in [0.4, 0.5) is 0 Å². The molecule has 0 bridgehead atoms. The zero-order valence-electron chi connectivity index (χ0n) is 5.82. The highest BCUT2D eigenvalue weighted by Gasteiger charge is 2.34. The number of aliphatic hydroxyl groups is 1. The Morgan fingerprint density at radius 3 is 3.20 bits per heavy atom. The van der Waals surface area contributed by atoms with E-state index in [0.717, 1.165) is 12.2 Å². The Bertz CT molecular complexity index is 129. The number of rotatable bonds is 0. The summed E-state index contributed by atoms with van der Waals surface area (Å²) in [5.74, 6) is 0.765. The average Bonchev–Trinajstić information content (AvgIpc) is 2.33. The highest BCUT2D eigenvalue weighted by atomic mass is 32.2. The molecule has 3 atom stereocenters. The van der Waals surface area contributed by atoms with Crippen molar-refractivity contribution in [1.29, 1.82) is 0 Å². The van der Waals surface area contributed by atoms with Crippen LogP contribution in [0.5, 0.6) is 0 Å². The van der Waals surface area contributed by atoms with Gasteiger partial charge in [0.1, 0.15) is 0 Å². The predicted molar refractivity (Wildman–Crippen MR) is 41.0 cm³/mol. The van der Waals surface area contributed by atoms with Crippen LogP contribution >= 0.6 is 11.8 Å². The number of ether oxygens (including phenoxy) is 1. The lowest BCUT2D eigenvalue weighted by Crippen LogP contribution is -2.34. The van der Waals surface area contributed by atoms with Gasteiger partial charge in [-0.25, -0.2) is 0 Å². The van der Waals surface area contributed by atoms with Crippen LogP contribution in [0.15, 0.2) is 0 Å². The quantitative estimate of drug-likeness (QED) is 0.573. The molecule has 1 N–H and O–H groups in total. The van der Waals surface area contributed by atoms with E-state index in [1.807, 2.05) is 11.8 Å². The number of fused-ring (bicyclic) bond motifs is 1. The van der Waals surface area contributed by atoms with E-state index in [-0.39, 0.29) is 0 Å². The van der Waals surface area contributed by atoms with E-state index in [4.69, 9.17) is 9.84 Å². The maximum Gasteiger partial charge on any atom is 0.164 e. The van der Waals surface area contributed by atoms with Gasteiger partial charge < -0.3 is 9.84 Å². The molecule has 0 amide bonds. The van der Waals surface area contributed by atoms with E-state index < -0.39 is 6.29 Å². The topological polar surface area (TPSA) is 29.5 Å². The summed E-state index contributed by atoms with van der Waals surface area (Å²) in [5.41, 5.74) is 0. The van der Waals surface area contributed by atoms with Crippen molar-refractivity contribution in [3.8, 4) is 0 Å². The summed E-state index contributed by atoms with van der Waals surface area (Å²) in [6.45, 7) is 0. The van der Waals surface area contributed by atoms with Crippen molar-refractivity contribution in [2.45, 2.75) is 36.9 Å². The summed E-state index contributed by atoms with van der Waals surface area (Å²) in [5, 5.41) is 9.80. The van der Waals surface area contributed by atoms with Gasteiger partial charge in [0, 0.05) is 11.0 Å². The van der Waals surface area contributed by atoms with Gasteiger partial charge in [-0.2, -0.15) is 11.8 Å². The molecule has 1 saturated heterocycles. The second-order valence-electron chi connectivity index (χ2n) is 2.93. The van der Waals surface area contributed by atoms with Crippen molar-refractivity contribution in [2.24, 2.45) is 0 Å². The maximum atomic E-state index is 9.11. The van der Waals surface area contributed by atoms with E-state index >= 15 is 0 Å². The van der Waals surface area contributed by atoms with Crippen LogP contribution in [-0.2, 0) is 4.74 Å². The Morgan fingerprint density at radius 1 is 1.40 bits per heavy atom. The molecule has 2 rings (SSSR count). The molecule has 0 aromatic heterocycles. The molecule has 1 heterocycles. The summed E-state index contributed by atoms with van der Waals surface area (Å²) in [4.78, 5) is 0. The molecule has 0 aromatic carbocycles. The highest BCUT2D eigenvalue weighted by molar-refractivity contribution is 8.00. The fourth-order valence-electron chi connectivity index (χ4n) is 1.69. The first-order valence-electron chi connectivity index (χ1n) is 3.81. The van der Waals surface area contributed by atoms with E-state index in [0.29, 0.717) is 11.4 Å². The van der Waals surface area contributed by atoms with Crippen LogP contribution in [0.2, 0.25) is 0 Å². The minimum absolute atomic E-state index is 0.355. The van der Waals surface area contributed by atoms with Gasteiger partial charge in [-0.05, 0) is 19.3 Å². The molecule has 0 spiro atoms. The lowest BCUT2D eigenvalue weighted by molar-refractivity contribution is -0.121. The van der Waals surface area contributed by atoms with E-state index in [2.05, 4.69) is 0 Å². The van der Waals surface area contributed by atoms with E-state index in [9.17, 15) is 0 Å². The molecular formula is C7H12O2S. The minimum Gasteiger partial charge on any atom is -0.367 e. The number of hydrogen-bond acceptors (Lipinski definition) is 3. The van der Waals surface area contributed by atoms with Gasteiger partial charge in [0.05, 0.1) is 6.10 Å². The first-order chi connectivity index (χ1) is 4.86. The van der Waals surface area contributed by atoms with Crippen LogP contribution in [0.1, 0.15) is 19.3 Å². The van der Waals surface area contributed by atoms with Crippen molar-refractivity contribution >= 4 is 11.8 Å². The maximum absolute atomic E-state index is 9.11. The SMILES string of the molecule is OC1CSC2CCCC2O1. The summed E-state index contributed by atoms with van der Waals surface area (Å²) in [7, 11) is 0. The Hall–Kier alpha value is 0.270. The molecule has 1 aliphatic carbocycles. The molecule has 2 aliphatic rings. The number of thioether (sulfide) groups is 1. The smallest absolute Gasteiger partial charge is 0.164 e. The molecule has 2 nitrogen and oxygen atoms in total. The molecule has 0 aromatic rings. The lowest BCUT2D eigenvalue weighted by atomic mass is 10.3. The first-order valence-corrected chi connectivity index (χ1v) is 4.86. The Labute approximate surface area is 64.9 Å². The second kappa shape index (κ2) is 2.72. The molecule has 0 radical (unpaired) electrons. The van der Waals surface area contributed by atoms with Crippen LogP contribution < -0.4 is 0 Å². The fourth-order valence-corrected chi connectivity index (χ4v) is 2.92. The fraction of sp³-hybridized carbons (Fsp3) is 1.00. The van der Waals surface area contributed by atoms with Gasteiger partial charge in [-0.15, -0.1) is 0 Å². The second-order valence-corrected chi connectivity index (χ2v) is 4.20. The zero-order valence-corrected chi connectivity index (χ0v) is 6.64. The van der Waals surface area contributed by atoms with Gasteiger partial charge in [0.2, 0.25) is 0 Å². The Kier molecular flexibility index (Phi) is 1.89. The monoisotopic (exact) mass is 160 g/mol. The van der Waals surface area contributed by atoms with E-state index in [1.54, 1.807) is 0 Å². The zero-order chi connectivity index (χ0) is 6.97. The number of hydrogen-bond donors (Lipinski definition) is 1. The molecule has 2 fully saturated rings. The summed E-state index contributed by atoms with van der Waals surface area (Å²) in [6.07, 6.45) is 3.56. The third kappa shape index (κ3) is 1.18. The summed E-state index contributed by atoms with van der Waals surface area (Å²) < 4.78 is 5.34. The first kappa shape index (κ1) is 6.95. The van der Waals surface area contributed by atoms with Crippen LogP contribution in [-0.4, -0.2) is 28.5 Å². The van der Waals surface area contributed by atoms with Crippen molar-refractivity contribution in [1.82, 2.24) is 0 Å². The summed E-state index contributed by atoms with van der Waals surface area (Å²) >= 11 is 1.87. The molecule has 58 valence electrons. The Morgan fingerprint density at radius 2 is 2.30 bits per heavy atom. The Balaban J connectivity index is 1.96. The van der Waals surface area contributed by atoms with E-state index in [1.165, 1.54) is 12.8 Å². The van der Waals surface area contributed by atoms with Crippen molar-refractivity contribution in [3.63, 3.8) is 0 Å². The van der Waals surface area contributed by atoms with Gasteiger partial charge in [-0.3, -0.25) is 0 Å². The molecular weight excluding hydrogens is 148 g/mol.